The SMILES string of the molecule is CN(C)CCS(=O)(=O)N[C@H]1CC[C@@H](n2cnc(-c3ccc(F)cc3)c2-c2ccnc3[nH]ccc23)CC1. The van der Waals surface area contributed by atoms with E-state index in [-0.39, 0.29) is 23.7 Å². The number of aromatic amines is 1. The molecule has 3 aromatic heterocycles. The highest BCUT2D eigenvalue weighted by molar-refractivity contribution is 7.89. The van der Waals surface area contributed by atoms with E-state index >= 15 is 0 Å². The third kappa shape index (κ3) is 5.21. The Bertz CT molecular complexity index is 1440. The zero-order chi connectivity index (χ0) is 25.3. The summed E-state index contributed by atoms with van der Waals surface area (Å²) in [6.07, 6.45) is 8.67. The first-order valence-corrected chi connectivity index (χ1v) is 13.9. The Labute approximate surface area is 210 Å². The molecule has 1 aliphatic rings. The molecule has 0 radical (unpaired) electrons. The smallest absolute Gasteiger partial charge is 0.213 e. The second-order valence-electron chi connectivity index (χ2n) is 9.70. The average Bonchev–Trinajstić information content (AvgIpc) is 3.51. The zero-order valence-electron chi connectivity index (χ0n) is 20.5. The molecule has 0 aliphatic heterocycles. The molecule has 1 aromatic carbocycles. The van der Waals surface area contributed by atoms with Crippen LogP contribution in [0.2, 0.25) is 0 Å². The number of benzene rings is 1. The number of hydrogen-bond acceptors (Lipinski definition) is 5. The van der Waals surface area contributed by atoms with Gasteiger partial charge in [0, 0.05) is 47.5 Å². The Kier molecular flexibility index (Phi) is 6.92. The molecule has 4 aromatic rings. The number of hydrogen-bond donors (Lipinski definition) is 2. The maximum atomic E-state index is 13.6. The van der Waals surface area contributed by atoms with E-state index in [0.29, 0.717) is 6.54 Å². The van der Waals surface area contributed by atoms with Crippen molar-refractivity contribution >= 4 is 21.1 Å². The van der Waals surface area contributed by atoms with Gasteiger partial charge in [-0.2, -0.15) is 0 Å². The molecule has 0 saturated heterocycles. The summed E-state index contributed by atoms with van der Waals surface area (Å²) in [6.45, 7) is 0.495. The van der Waals surface area contributed by atoms with E-state index in [1.165, 1.54) is 12.1 Å². The first kappa shape index (κ1) is 24.6. The van der Waals surface area contributed by atoms with E-state index in [1.807, 2.05) is 43.7 Å². The number of pyridine rings is 1. The van der Waals surface area contributed by atoms with Gasteiger partial charge in [-0.1, -0.05) is 0 Å². The molecule has 36 heavy (non-hydrogen) atoms. The van der Waals surface area contributed by atoms with Crippen LogP contribution in [-0.4, -0.2) is 65.3 Å². The fourth-order valence-corrected chi connectivity index (χ4v) is 6.45. The molecule has 0 atom stereocenters. The van der Waals surface area contributed by atoms with Crippen LogP contribution >= 0.6 is 0 Å². The van der Waals surface area contributed by atoms with Crippen molar-refractivity contribution in [3.63, 3.8) is 0 Å². The lowest BCUT2D eigenvalue weighted by Gasteiger charge is -2.31. The number of nitrogens with zero attached hydrogens (tertiary/aromatic N) is 4. The minimum atomic E-state index is -3.31. The largest absolute Gasteiger partial charge is 0.346 e. The fraction of sp³-hybridized carbons (Fsp3) is 0.385. The number of sulfonamides is 1. The lowest BCUT2D eigenvalue weighted by atomic mass is 9.91. The van der Waals surface area contributed by atoms with E-state index in [1.54, 1.807) is 18.3 Å². The molecule has 5 rings (SSSR count). The summed E-state index contributed by atoms with van der Waals surface area (Å²) in [7, 11) is 0.423. The molecule has 2 N–H and O–H groups in total. The van der Waals surface area contributed by atoms with Crippen molar-refractivity contribution in [1.82, 2.24) is 29.1 Å². The van der Waals surface area contributed by atoms with Crippen LogP contribution in [0.3, 0.4) is 0 Å². The molecular weight excluding hydrogens is 479 g/mol. The normalized spacial score (nSPS) is 18.8. The Hall–Kier alpha value is -3.08. The van der Waals surface area contributed by atoms with Crippen molar-refractivity contribution in [3.8, 4) is 22.5 Å². The van der Waals surface area contributed by atoms with Crippen LogP contribution in [0.5, 0.6) is 0 Å². The highest BCUT2D eigenvalue weighted by Gasteiger charge is 2.29. The molecule has 3 heterocycles. The maximum Gasteiger partial charge on any atom is 0.213 e. The van der Waals surface area contributed by atoms with Gasteiger partial charge < -0.3 is 14.5 Å². The Morgan fingerprint density at radius 2 is 1.83 bits per heavy atom. The molecule has 190 valence electrons. The molecule has 0 amide bonds. The lowest BCUT2D eigenvalue weighted by Crippen LogP contribution is -2.40. The summed E-state index contributed by atoms with van der Waals surface area (Å²) in [5.41, 5.74) is 4.39. The van der Waals surface area contributed by atoms with E-state index < -0.39 is 10.0 Å². The molecule has 0 bridgehead atoms. The highest BCUT2D eigenvalue weighted by atomic mass is 32.2. The van der Waals surface area contributed by atoms with Crippen molar-refractivity contribution in [2.24, 2.45) is 0 Å². The summed E-state index contributed by atoms with van der Waals surface area (Å²) in [4.78, 5) is 14.3. The van der Waals surface area contributed by atoms with Crippen LogP contribution in [0.15, 0.2) is 55.1 Å². The predicted octanol–water partition coefficient (Wildman–Crippen LogP) is 4.20. The minimum Gasteiger partial charge on any atom is -0.346 e. The van der Waals surface area contributed by atoms with Crippen molar-refractivity contribution < 1.29 is 12.8 Å². The monoisotopic (exact) mass is 510 g/mol. The van der Waals surface area contributed by atoms with Gasteiger partial charge in [-0.15, -0.1) is 0 Å². The number of rotatable bonds is 8. The van der Waals surface area contributed by atoms with Gasteiger partial charge in [0.05, 0.1) is 23.5 Å². The molecule has 1 fully saturated rings. The standard InChI is InChI=1S/C26H31FN6O2S/c1-32(2)15-16-36(34,35)31-20-7-9-21(10-8-20)33-17-30-24(18-3-5-19(27)6-4-18)25(33)22-11-13-28-26-23(22)12-14-29-26/h3-6,11-14,17,20-21,31H,7-10,15-16H2,1-2H3,(H,28,29)/t20-,21+. The topological polar surface area (TPSA) is 95.9 Å². The Morgan fingerprint density at radius 3 is 2.56 bits per heavy atom. The Balaban J connectivity index is 1.44. The number of halogens is 1. The number of imidazole rings is 1. The van der Waals surface area contributed by atoms with Crippen molar-refractivity contribution in [1.29, 1.82) is 0 Å². The molecule has 1 saturated carbocycles. The molecular formula is C26H31FN6O2S. The second kappa shape index (κ2) is 10.1. The minimum absolute atomic E-state index is 0.0609. The fourth-order valence-electron chi connectivity index (χ4n) is 4.98. The quantitative estimate of drug-likeness (QED) is 0.371. The molecule has 0 unspecified atom stereocenters. The molecule has 0 spiro atoms. The lowest BCUT2D eigenvalue weighted by molar-refractivity contribution is 0.312. The van der Waals surface area contributed by atoms with E-state index in [2.05, 4.69) is 19.3 Å². The van der Waals surface area contributed by atoms with Crippen LogP contribution in [0.25, 0.3) is 33.5 Å². The first-order valence-electron chi connectivity index (χ1n) is 12.2. The van der Waals surface area contributed by atoms with Crippen molar-refractivity contribution in [3.05, 3.63) is 60.9 Å². The predicted molar refractivity (Wildman–Crippen MR) is 139 cm³/mol. The zero-order valence-corrected chi connectivity index (χ0v) is 21.3. The summed E-state index contributed by atoms with van der Waals surface area (Å²) < 4.78 is 43.7. The average molecular weight is 511 g/mol. The van der Waals surface area contributed by atoms with Crippen LogP contribution in [0.4, 0.5) is 4.39 Å². The van der Waals surface area contributed by atoms with Gasteiger partial charge in [-0.3, -0.25) is 0 Å². The van der Waals surface area contributed by atoms with Crippen LogP contribution in [0, 0.1) is 5.82 Å². The number of H-pyrrole nitrogens is 1. The van der Waals surface area contributed by atoms with Gasteiger partial charge in [-0.25, -0.2) is 27.5 Å². The van der Waals surface area contributed by atoms with Gasteiger partial charge in [0.1, 0.15) is 11.5 Å². The van der Waals surface area contributed by atoms with Crippen LogP contribution < -0.4 is 4.72 Å². The third-order valence-corrected chi connectivity index (χ3v) is 8.28. The Morgan fingerprint density at radius 1 is 1.08 bits per heavy atom. The van der Waals surface area contributed by atoms with E-state index in [0.717, 1.165) is 59.2 Å². The highest BCUT2D eigenvalue weighted by Crippen LogP contribution is 2.39. The number of fused-ring (bicyclic) bond motifs is 1. The molecule has 1 aliphatic carbocycles. The van der Waals surface area contributed by atoms with Gasteiger partial charge in [0.2, 0.25) is 10.0 Å². The second-order valence-corrected chi connectivity index (χ2v) is 11.6. The molecule has 10 heteroatoms. The van der Waals surface area contributed by atoms with Gasteiger partial charge in [0.15, 0.2) is 0 Å². The van der Waals surface area contributed by atoms with Crippen LogP contribution in [0.1, 0.15) is 31.7 Å². The first-order chi connectivity index (χ1) is 17.3. The number of nitrogens with one attached hydrogen (secondary N) is 2. The molecule has 8 nitrogen and oxygen atoms in total. The summed E-state index contributed by atoms with van der Waals surface area (Å²) in [5.74, 6) is -0.190. The maximum absolute atomic E-state index is 13.6. The summed E-state index contributed by atoms with van der Waals surface area (Å²) in [6, 6.07) is 10.5. The summed E-state index contributed by atoms with van der Waals surface area (Å²) in [5, 5.41) is 0.991. The van der Waals surface area contributed by atoms with E-state index in [4.69, 9.17) is 4.98 Å². The van der Waals surface area contributed by atoms with Gasteiger partial charge in [-0.05, 0) is 76.2 Å². The van der Waals surface area contributed by atoms with Crippen molar-refractivity contribution in [2.75, 3.05) is 26.4 Å². The third-order valence-electron chi connectivity index (χ3n) is 6.87. The van der Waals surface area contributed by atoms with Crippen molar-refractivity contribution in [2.45, 2.75) is 37.8 Å². The number of aromatic nitrogens is 4. The van der Waals surface area contributed by atoms with Crippen LogP contribution in [-0.2, 0) is 10.0 Å². The van der Waals surface area contributed by atoms with Gasteiger partial charge >= 0.3 is 0 Å². The summed E-state index contributed by atoms with van der Waals surface area (Å²) >= 11 is 0. The van der Waals surface area contributed by atoms with E-state index in [9.17, 15) is 12.8 Å². The van der Waals surface area contributed by atoms with Gasteiger partial charge in [0.25, 0.3) is 0 Å².